The van der Waals surface area contributed by atoms with Crippen LogP contribution in [0.15, 0.2) is 54.7 Å². The molecule has 31 heavy (non-hydrogen) atoms. The van der Waals surface area contributed by atoms with Crippen molar-refractivity contribution in [3.05, 3.63) is 82.0 Å². The first-order valence-corrected chi connectivity index (χ1v) is 10.5. The molecule has 1 aliphatic rings. The maximum absolute atomic E-state index is 13.2. The molecule has 3 aromatic rings. The average Bonchev–Trinajstić information content (AvgIpc) is 3.21. The minimum atomic E-state index is -0.348. The van der Waals surface area contributed by atoms with E-state index < -0.39 is 0 Å². The SMILES string of the molecule is CNC(=O)c1cnc(Nc2ccccc2C)c(NC(=O)C2CCc3cccc(Cl)c32)c1. The first kappa shape index (κ1) is 20.9. The van der Waals surface area contributed by atoms with Crippen LogP contribution in [0.2, 0.25) is 5.02 Å². The molecule has 6 nitrogen and oxygen atoms in total. The van der Waals surface area contributed by atoms with Gasteiger partial charge in [0.1, 0.15) is 0 Å². The second kappa shape index (κ2) is 8.78. The maximum atomic E-state index is 13.2. The summed E-state index contributed by atoms with van der Waals surface area (Å²) in [6.45, 7) is 1.98. The lowest BCUT2D eigenvalue weighted by Gasteiger charge is -2.17. The Kier molecular flexibility index (Phi) is 5.91. The number of carbonyl (C=O) groups excluding carboxylic acids is 2. The van der Waals surface area contributed by atoms with E-state index in [2.05, 4.69) is 20.9 Å². The highest BCUT2D eigenvalue weighted by Gasteiger charge is 2.31. The number of nitrogens with one attached hydrogen (secondary N) is 3. The normalized spacial score (nSPS) is 14.6. The molecule has 1 aromatic heterocycles. The Morgan fingerprint density at radius 3 is 2.68 bits per heavy atom. The first-order valence-electron chi connectivity index (χ1n) is 10.1. The van der Waals surface area contributed by atoms with Crippen molar-refractivity contribution in [3.63, 3.8) is 0 Å². The maximum Gasteiger partial charge on any atom is 0.252 e. The van der Waals surface area contributed by atoms with Gasteiger partial charge in [-0.15, -0.1) is 0 Å². The van der Waals surface area contributed by atoms with E-state index >= 15 is 0 Å². The van der Waals surface area contributed by atoms with Gasteiger partial charge < -0.3 is 16.0 Å². The lowest BCUT2D eigenvalue weighted by Crippen LogP contribution is -2.22. The van der Waals surface area contributed by atoms with Crippen LogP contribution in [0.25, 0.3) is 0 Å². The smallest absolute Gasteiger partial charge is 0.252 e. The molecule has 0 aliphatic heterocycles. The molecule has 7 heteroatoms. The fraction of sp³-hybridized carbons (Fsp3) is 0.208. The molecule has 0 spiro atoms. The summed E-state index contributed by atoms with van der Waals surface area (Å²) >= 11 is 6.40. The Bertz CT molecular complexity index is 1160. The van der Waals surface area contributed by atoms with Crippen molar-refractivity contribution < 1.29 is 9.59 Å². The number of benzene rings is 2. The molecule has 4 rings (SSSR count). The van der Waals surface area contributed by atoms with Crippen LogP contribution in [0.4, 0.5) is 17.2 Å². The number of anilines is 3. The summed E-state index contributed by atoms with van der Waals surface area (Å²) in [6.07, 6.45) is 2.98. The molecule has 1 heterocycles. The van der Waals surface area contributed by atoms with Gasteiger partial charge in [0, 0.05) is 24.0 Å². The standard InChI is InChI=1S/C24H23ClN4O2/c1-14-6-3-4-9-19(14)28-22-20(12-16(13-27-22)23(30)26-2)29-24(31)17-11-10-15-7-5-8-18(25)21(15)17/h3-9,12-13,17H,10-11H2,1-2H3,(H,26,30)(H,27,28)(H,29,31). The summed E-state index contributed by atoms with van der Waals surface area (Å²) in [5.74, 6) is -0.332. The fourth-order valence-electron chi connectivity index (χ4n) is 3.89. The third-order valence-corrected chi connectivity index (χ3v) is 5.87. The lowest BCUT2D eigenvalue weighted by molar-refractivity contribution is -0.117. The summed E-state index contributed by atoms with van der Waals surface area (Å²) in [7, 11) is 1.55. The average molecular weight is 435 g/mol. The van der Waals surface area contributed by atoms with Gasteiger partial charge in [-0.25, -0.2) is 4.98 Å². The highest BCUT2D eigenvalue weighted by Crippen LogP contribution is 2.39. The Balaban J connectivity index is 1.67. The monoisotopic (exact) mass is 434 g/mol. The Morgan fingerprint density at radius 1 is 1.10 bits per heavy atom. The van der Waals surface area contributed by atoms with Crippen LogP contribution in [0.3, 0.4) is 0 Å². The predicted octanol–water partition coefficient (Wildman–Crippen LogP) is 4.82. The number of para-hydroxylation sites is 1. The molecule has 1 unspecified atom stereocenters. The molecular weight excluding hydrogens is 412 g/mol. The number of amides is 2. The van der Waals surface area contributed by atoms with Gasteiger partial charge in [0.2, 0.25) is 5.91 Å². The first-order chi connectivity index (χ1) is 15.0. The van der Waals surface area contributed by atoms with Crippen LogP contribution < -0.4 is 16.0 Å². The number of aromatic nitrogens is 1. The van der Waals surface area contributed by atoms with Gasteiger partial charge in [0.15, 0.2) is 5.82 Å². The number of fused-ring (bicyclic) bond motifs is 1. The van der Waals surface area contributed by atoms with Crippen molar-refractivity contribution in [2.75, 3.05) is 17.7 Å². The second-order valence-electron chi connectivity index (χ2n) is 7.53. The van der Waals surface area contributed by atoms with Gasteiger partial charge >= 0.3 is 0 Å². The van der Waals surface area contributed by atoms with E-state index in [1.807, 2.05) is 49.4 Å². The van der Waals surface area contributed by atoms with Crippen molar-refractivity contribution in [2.24, 2.45) is 0 Å². The minimum absolute atomic E-state index is 0.171. The zero-order chi connectivity index (χ0) is 22.0. The molecule has 158 valence electrons. The number of hydrogen-bond donors (Lipinski definition) is 3. The molecule has 1 aliphatic carbocycles. The molecule has 0 radical (unpaired) electrons. The van der Waals surface area contributed by atoms with Gasteiger partial charge in [-0.05, 0) is 54.7 Å². The molecule has 2 amide bonds. The number of aryl methyl sites for hydroxylation is 2. The number of rotatable bonds is 5. The summed E-state index contributed by atoms with van der Waals surface area (Å²) < 4.78 is 0. The van der Waals surface area contributed by atoms with E-state index in [1.54, 1.807) is 13.1 Å². The summed E-state index contributed by atoms with van der Waals surface area (Å²) in [6, 6.07) is 15.1. The summed E-state index contributed by atoms with van der Waals surface area (Å²) in [4.78, 5) is 29.8. The van der Waals surface area contributed by atoms with Crippen LogP contribution in [0, 0.1) is 6.92 Å². The third kappa shape index (κ3) is 4.25. The van der Waals surface area contributed by atoms with Crippen LogP contribution in [-0.2, 0) is 11.2 Å². The number of carbonyl (C=O) groups is 2. The van der Waals surface area contributed by atoms with Gasteiger partial charge in [-0.1, -0.05) is 41.9 Å². The van der Waals surface area contributed by atoms with Crippen molar-refractivity contribution in [1.29, 1.82) is 0 Å². The fourth-order valence-corrected chi connectivity index (χ4v) is 4.21. The topological polar surface area (TPSA) is 83.1 Å². The summed E-state index contributed by atoms with van der Waals surface area (Å²) in [5.41, 5.74) is 4.68. The second-order valence-corrected chi connectivity index (χ2v) is 7.94. The largest absolute Gasteiger partial charge is 0.355 e. The van der Waals surface area contributed by atoms with Crippen molar-refractivity contribution in [3.8, 4) is 0 Å². The molecule has 2 aromatic carbocycles. The van der Waals surface area contributed by atoms with E-state index in [0.29, 0.717) is 28.5 Å². The molecule has 0 fully saturated rings. The number of nitrogens with zero attached hydrogens (tertiary/aromatic N) is 1. The Hall–Kier alpha value is -3.38. The number of hydrogen-bond acceptors (Lipinski definition) is 4. The highest BCUT2D eigenvalue weighted by molar-refractivity contribution is 6.32. The molecular formula is C24H23ClN4O2. The van der Waals surface area contributed by atoms with Crippen molar-refractivity contribution in [1.82, 2.24) is 10.3 Å². The van der Waals surface area contributed by atoms with Crippen molar-refractivity contribution >= 4 is 40.6 Å². The zero-order valence-corrected chi connectivity index (χ0v) is 18.1. The lowest BCUT2D eigenvalue weighted by atomic mass is 10.00. The Labute approximate surface area is 186 Å². The van der Waals surface area contributed by atoms with Crippen LogP contribution in [0.5, 0.6) is 0 Å². The molecule has 0 saturated carbocycles. The van der Waals surface area contributed by atoms with E-state index in [9.17, 15) is 9.59 Å². The highest BCUT2D eigenvalue weighted by atomic mass is 35.5. The van der Waals surface area contributed by atoms with Crippen LogP contribution in [-0.4, -0.2) is 23.8 Å². The van der Waals surface area contributed by atoms with E-state index in [0.717, 1.165) is 28.8 Å². The van der Waals surface area contributed by atoms with E-state index in [4.69, 9.17) is 11.6 Å². The van der Waals surface area contributed by atoms with Crippen molar-refractivity contribution in [2.45, 2.75) is 25.7 Å². The minimum Gasteiger partial charge on any atom is -0.355 e. The molecule has 3 N–H and O–H groups in total. The zero-order valence-electron chi connectivity index (χ0n) is 17.3. The van der Waals surface area contributed by atoms with Crippen LogP contribution in [0.1, 0.15) is 39.4 Å². The van der Waals surface area contributed by atoms with Crippen LogP contribution >= 0.6 is 11.6 Å². The Morgan fingerprint density at radius 2 is 1.90 bits per heavy atom. The van der Waals surface area contributed by atoms with Gasteiger partial charge in [0.25, 0.3) is 5.91 Å². The van der Waals surface area contributed by atoms with E-state index in [1.165, 1.54) is 6.20 Å². The number of halogens is 1. The van der Waals surface area contributed by atoms with Gasteiger partial charge in [-0.2, -0.15) is 0 Å². The molecule has 0 bridgehead atoms. The number of pyridine rings is 1. The van der Waals surface area contributed by atoms with Gasteiger partial charge in [0.05, 0.1) is 17.2 Å². The predicted molar refractivity (Wildman–Crippen MR) is 123 cm³/mol. The molecule has 0 saturated heterocycles. The third-order valence-electron chi connectivity index (χ3n) is 5.54. The van der Waals surface area contributed by atoms with E-state index in [-0.39, 0.29) is 17.7 Å². The molecule has 1 atom stereocenters. The quantitative estimate of drug-likeness (QED) is 0.537. The van der Waals surface area contributed by atoms with Gasteiger partial charge in [-0.3, -0.25) is 9.59 Å². The summed E-state index contributed by atoms with van der Waals surface area (Å²) in [5, 5.41) is 9.43.